The summed E-state index contributed by atoms with van der Waals surface area (Å²) in [4.78, 5) is 11.1. The van der Waals surface area contributed by atoms with E-state index in [1.165, 1.54) is 12.1 Å². The summed E-state index contributed by atoms with van der Waals surface area (Å²) in [6.07, 6.45) is 0.0142. The fourth-order valence-corrected chi connectivity index (χ4v) is 1.61. The Morgan fingerprint density at radius 2 is 2.27 bits per heavy atom. The maximum Gasteiger partial charge on any atom is 0.310 e. The van der Waals surface area contributed by atoms with Crippen molar-refractivity contribution in [1.29, 1.82) is 0 Å². The number of esters is 1. The highest BCUT2D eigenvalue weighted by atomic mass is 79.9. The second-order valence-electron chi connectivity index (χ2n) is 2.89. The first-order valence-corrected chi connectivity index (χ1v) is 5.16. The van der Waals surface area contributed by atoms with Crippen molar-refractivity contribution in [2.45, 2.75) is 13.3 Å². The molecule has 1 rings (SSSR count). The average molecular weight is 277 g/mol. The molecule has 1 aromatic rings. The Morgan fingerprint density at radius 3 is 2.80 bits per heavy atom. The molecule has 0 radical (unpaired) electrons. The van der Waals surface area contributed by atoms with Crippen molar-refractivity contribution in [3.63, 3.8) is 0 Å². The molecule has 0 aliphatic heterocycles. The highest BCUT2D eigenvalue weighted by Gasteiger charge is 2.10. The number of aromatic hydroxyl groups is 1. The molecule has 0 unspecified atom stereocenters. The molecule has 15 heavy (non-hydrogen) atoms. The van der Waals surface area contributed by atoms with Gasteiger partial charge in [0.15, 0.2) is 11.6 Å². The fraction of sp³-hybridized carbons (Fsp3) is 0.300. The summed E-state index contributed by atoms with van der Waals surface area (Å²) >= 11 is 2.94. The number of ether oxygens (including phenoxy) is 1. The van der Waals surface area contributed by atoms with Crippen LogP contribution in [0.1, 0.15) is 12.5 Å². The Kier molecular flexibility index (Phi) is 4.08. The van der Waals surface area contributed by atoms with Gasteiger partial charge < -0.3 is 9.84 Å². The predicted molar refractivity (Wildman–Crippen MR) is 56.1 cm³/mol. The maximum atomic E-state index is 13.0. The molecule has 1 aromatic carbocycles. The average Bonchev–Trinajstić information content (AvgIpc) is 2.14. The van der Waals surface area contributed by atoms with Crippen molar-refractivity contribution in [3.8, 4) is 5.75 Å². The van der Waals surface area contributed by atoms with E-state index in [1.807, 2.05) is 0 Å². The number of halogens is 2. The lowest BCUT2D eigenvalue weighted by atomic mass is 10.1. The number of hydrogen-bond acceptors (Lipinski definition) is 3. The minimum absolute atomic E-state index is 0.0142. The van der Waals surface area contributed by atoms with Crippen molar-refractivity contribution in [2.24, 2.45) is 0 Å². The lowest BCUT2D eigenvalue weighted by Crippen LogP contribution is -2.07. The summed E-state index contributed by atoms with van der Waals surface area (Å²) in [5.74, 6) is -1.62. The molecular formula is C10H10BrFO3. The third kappa shape index (κ3) is 3.20. The van der Waals surface area contributed by atoms with E-state index in [9.17, 15) is 9.18 Å². The number of phenols is 1. The monoisotopic (exact) mass is 276 g/mol. The quantitative estimate of drug-likeness (QED) is 0.863. The molecule has 0 saturated carbocycles. The van der Waals surface area contributed by atoms with Gasteiger partial charge in [0.1, 0.15) is 0 Å². The van der Waals surface area contributed by atoms with E-state index in [1.54, 1.807) is 6.92 Å². The second-order valence-corrected chi connectivity index (χ2v) is 3.75. The van der Waals surface area contributed by atoms with Crippen LogP contribution in [0.15, 0.2) is 16.6 Å². The molecular weight excluding hydrogens is 267 g/mol. The van der Waals surface area contributed by atoms with E-state index in [2.05, 4.69) is 15.9 Å². The van der Waals surface area contributed by atoms with Crippen molar-refractivity contribution in [1.82, 2.24) is 0 Å². The number of carbonyl (C=O) groups is 1. The van der Waals surface area contributed by atoms with Crippen LogP contribution in [0.5, 0.6) is 5.75 Å². The number of benzene rings is 1. The molecule has 0 aliphatic rings. The minimum atomic E-state index is -0.734. The topological polar surface area (TPSA) is 46.5 Å². The van der Waals surface area contributed by atoms with Gasteiger partial charge in [0, 0.05) is 0 Å². The number of phenolic OH excluding ortho intramolecular Hbond substituents is 1. The van der Waals surface area contributed by atoms with Gasteiger partial charge in [-0.15, -0.1) is 0 Å². The Labute approximate surface area is 95.0 Å². The molecule has 1 N–H and O–H groups in total. The smallest absolute Gasteiger partial charge is 0.310 e. The summed E-state index contributed by atoms with van der Waals surface area (Å²) in [5.41, 5.74) is 0.499. The molecule has 0 bridgehead atoms. The second kappa shape index (κ2) is 5.11. The summed E-state index contributed by atoms with van der Waals surface area (Å²) in [7, 11) is 0. The van der Waals surface area contributed by atoms with Crippen molar-refractivity contribution in [2.75, 3.05) is 6.61 Å². The van der Waals surface area contributed by atoms with Crippen LogP contribution in [0.2, 0.25) is 0 Å². The van der Waals surface area contributed by atoms with Crippen molar-refractivity contribution < 1.29 is 19.0 Å². The third-order valence-corrected chi connectivity index (χ3v) is 2.30. The van der Waals surface area contributed by atoms with Gasteiger partial charge in [0.25, 0.3) is 0 Å². The summed E-state index contributed by atoms with van der Waals surface area (Å²) < 4.78 is 17.8. The molecule has 0 atom stereocenters. The Balaban J connectivity index is 2.83. The molecule has 3 nitrogen and oxygen atoms in total. The van der Waals surface area contributed by atoms with E-state index < -0.39 is 17.5 Å². The molecule has 5 heteroatoms. The van der Waals surface area contributed by atoms with Crippen LogP contribution in [0.3, 0.4) is 0 Å². The molecule has 0 aromatic heterocycles. The van der Waals surface area contributed by atoms with Gasteiger partial charge in [-0.25, -0.2) is 4.39 Å². The first-order chi connectivity index (χ1) is 7.04. The zero-order valence-electron chi connectivity index (χ0n) is 8.09. The SMILES string of the molecule is CCOC(=O)Cc1cc(O)c(F)c(Br)c1. The molecule has 0 heterocycles. The van der Waals surface area contributed by atoms with Gasteiger partial charge in [0.2, 0.25) is 0 Å². The lowest BCUT2D eigenvalue weighted by Gasteiger charge is -2.04. The molecule has 0 aliphatic carbocycles. The molecule has 0 amide bonds. The zero-order valence-corrected chi connectivity index (χ0v) is 9.67. The van der Waals surface area contributed by atoms with Crippen LogP contribution in [-0.4, -0.2) is 17.7 Å². The summed E-state index contributed by atoms with van der Waals surface area (Å²) in [6.45, 7) is 2.00. The van der Waals surface area contributed by atoms with Crippen LogP contribution in [0.25, 0.3) is 0 Å². The van der Waals surface area contributed by atoms with Crippen LogP contribution >= 0.6 is 15.9 Å². The van der Waals surface area contributed by atoms with Crippen LogP contribution in [-0.2, 0) is 16.0 Å². The van der Waals surface area contributed by atoms with Crippen LogP contribution < -0.4 is 0 Å². The van der Waals surface area contributed by atoms with Crippen molar-refractivity contribution in [3.05, 3.63) is 28.0 Å². The molecule has 0 saturated heterocycles. The number of carbonyl (C=O) groups excluding carboxylic acids is 1. The minimum Gasteiger partial charge on any atom is -0.505 e. The first-order valence-electron chi connectivity index (χ1n) is 4.37. The van der Waals surface area contributed by atoms with Gasteiger partial charge in [0.05, 0.1) is 17.5 Å². The van der Waals surface area contributed by atoms with Crippen LogP contribution in [0.4, 0.5) is 4.39 Å². The first kappa shape index (κ1) is 12.0. The van der Waals surface area contributed by atoms with E-state index in [0.29, 0.717) is 12.2 Å². The standard InChI is InChI=1S/C10H10BrFO3/c1-2-15-9(14)5-6-3-7(11)10(12)8(13)4-6/h3-4,13H,2,5H2,1H3. The Morgan fingerprint density at radius 1 is 1.60 bits per heavy atom. The number of hydrogen-bond donors (Lipinski definition) is 1. The van der Waals surface area contributed by atoms with E-state index in [-0.39, 0.29) is 10.9 Å². The largest absolute Gasteiger partial charge is 0.505 e. The lowest BCUT2D eigenvalue weighted by molar-refractivity contribution is -0.142. The summed E-state index contributed by atoms with van der Waals surface area (Å²) in [6, 6.07) is 2.64. The fourth-order valence-electron chi connectivity index (χ4n) is 1.11. The normalized spacial score (nSPS) is 10.1. The Bertz CT molecular complexity index is 356. The summed E-state index contributed by atoms with van der Waals surface area (Å²) in [5, 5.41) is 9.17. The Hall–Kier alpha value is -1.10. The third-order valence-electron chi connectivity index (χ3n) is 1.72. The maximum absolute atomic E-state index is 13.0. The van der Waals surface area contributed by atoms with Gasteiger partial charge >= 0.3 is 5.97 Å². The van der Waals surface area contributed by atoms with Gasteiger partial charge in [-0.1, -0.05) is 0 Å². The van der Waals surface area contributed by atoms with Gasteiger partial charge in [-0.3, -0.25) is 4.79 Å². The molecule has 0 spiro atoms. The number of rotatable bonds is 3. The van der Waals surface area contributed by atoms with E-state index in [0.717, 1.165) is 0 Å². The van der Waals surface area contributed by atoms with Gasteiger partial charge in [-0.2, -0.15) is 0 Å². The van der Waals surface area contributed by atoms with E-state index in [4.69, 9.17) is 9.84 Å². The molecule has 0 fully saturated rings. The van der Waals surface area contributed by atoms with Gasteiger partial charge in [-0.05, 0) is 40.5 Å². The van der Waals surface area contributed by atoms with Crippen molar-refractivity contribution >= 4 is 21.9 Å². The zero-order chi connectivity index (χ0) is 11.4. The predicted octanol–water partition coefficient (Wildman–Crippen LogP) is 2.40. The van der Waals surface area contributed by atoms with E-state index >= 15 is 0 Å². The molecule has 82 valence electrons. The highest BCUT2D eigenvalue weighted by Crippen LogP contribution is 2.26. The highest BCUT2D eigenvalue weighted by molar-refractivity contribution is 9.10. The van der Waals surface area contributed by atoms with Crippen LogP contribution in [0, 0.1) is 5.82 Å².